The van der Waals surface area contributed by atoms with Crippen LogP contribution in [0.15, 0.2) is 59.8 Å². The van der Waals surface area contributed by atoms with Crippen molar-refractivity contribution >= 4 is 0 Å². The zero-order chi connectivity index (χ0) is 19.8. The van der Waals surface area contributed by atoms with E-state index in [1.54, 1.807) is 31.4 Å². The minimum Gasteiger partial charge on any atom is -0.505 e. The molecule has 2 aromatic rings. The summed E-state index contributed by atoms with van der Waals surface area (Å²) < 4.78 is 18.4. The molecule has 0 heterocycles. The van der Waals surface area contributed by atoms with E-state index < -0.39 is 23.8 Å². The van der Waals surface area contributed by atoms with E-state index in [1.807, 2.05) is 0 Å². The summed E-state index contributed by atoms with van der Waals surface area (Å²) in [6, 6.07) is 10.6. The second-order valence-corrected chi connectivity index (χ2v) is 6.07. The zero-order valence-corrected chi connectivity index (χ0v) is 15.0. The molecule has 2 rings (SSSR count). The van der Waals surface area contributed by atoms with Crippen LogP contribution in [0.25, 0.3) is 0 Å². The number of aliphatic hydroxyl groups excluding tert-OH is 3. The third-order valence-corrected chi connectivity index (χ3v) is 4.13. The van der Waals surface area contributed by atoms with E-state index in [4.69, 9.17) is 4.74 Å². The lowest BCUT2D eigenvalue weighted by atomic mass is 10.0. The maximum atomic E-state index is 13.3. The Morgan fingerprint density at radius 1 is 1.11 bits per heavy atom. The van der Waals surface area contributed by atoms with Gasteiger partial charge in [0, 0.05) is 12.8 Å². The molecule has 4 N–H and O–H groups in total. The number of aliphatic hydroxyl groups is 3. The lowest BCUT2D eigenvalue weighted by Gasteiger charge is -2.12. The molecule has 5 nitrogen and oxygen atoms in total. The quantitative estimate of drug-likeness (QED) is 0.533. The Hall–Kier alpha value is -2.63. The van der Waals surface area contributed by atoms with Gasteiger partial charge in [-0.2, -0.15) is 0 Å². The number of phenols is 1. The minimum atomic E-state index is -0.973. The minimum absolute atomic E-state index is 0.145. The van der Waals surface area contributed by atoms with Crippen LogP contribution in [0.3, 0.4) is 0 Å². The highest BCUT2D eigenvalue weighted by Gasteiger charge is 2.11. The van der Waals surface area contributed by atoms with E-state index in [-0.39, 0.29) is 19.4 Å². The van der Waals surface area contributed by atoms with Crippen LogP contribution in [0.4, 0.5) is 4.39 Å². The summed E-state index contributed by atoms with van der Waals surface area (Å²) in [6.45, 7) is -0.284. The van der Waals surface area contributed by atoms with E-state index >= 15 is 0 Å². The molecule has 0 spiro atoms. The Labute approximate surface area is 157 Å². The molecule has 2 atom stereocenters. The third kappa shape index (κ3) is 5.94. The fourth-order valence-corrected chi connectivity index (χ4v) is 2.53. The summed E-state index contributed by atoms with van der Waals surface area (Å²) >= 11 is 0. The fraction of sp³-hybridized carbons (Fsp3) is 0.286. The summed E-state index contributed by atoms with van der Waals surface area (Å²) in [7, 11) is 1.56. The number of benzene rings is 2. The average molecular weight is 374 g/mol. The van der Waals surface area contributed by atoms with Gasteiger partial charge in [0.05, 0.1) is 25.9 Å². The molecule has 0 aliphatic heterocycles. The van der Waals surface area contributed by atoms with Gasteiger partial charge in [-0.05, 0) is 47.0 Å². The number of aromatic hydroxyl groups is 1. The first-order chi connectivity index (χ1) is 12.9. The van der Waals surface area contributed by atoms with Gasteiger partial charge in [-0.25, -0.2) is 4.39 Å². The molecule has 0 aliphatic carbocycles. The normalized spacial score (nSPS) is 12.8. The molecule has 0 radical (unpaired) electrons. The molecule has 0 aliphatic rings. The van der Waals surface area contributed by atoms with E-state index in [2.05, 4.69) is 5.73 Å². The summed E-state index contributed by atoms with van der Waals surface area (Å²) in [5.41, 5.74) is 4.36. The number of rotatable bonds is 8. The van der Waals surface area contributed by atoms with Crippen molar-refractivity contribution in [2.24, 2.45) is 0 Å². The van der Waals surface area contributed by atoms with Crippen LogP contribution in [0.2, 0.25) is 0 Å². The summed E-state index contributed by atoms with van der Waals surface area (Å²) in [4.78, 5) is 0. The van der Waals surface area contributed by atoms with Crippen LogP contribution in [-0.4, -0.2) is 34.1 Å². The van der Waals surface area contributed by atoms with Gasteiger partial charge in [0.25, 0.3) is 0 Å². The molecule has 0 amide bonds. The Balaban J connectivity index is 2.01. The van der Waals surface area contributed by atoms with Crippen LogP contribution in [0, 0.1) is 5.82 Å². The van der Waals surface area contributed by atoms with Gasteiger partial charge in [-0.15, -0.1) is 5.73 Å². The van der Waals surface area contributed by atoms with Gasteiger partial charge >= 0.3 is 0 Å². The van der Waals surface area contributed by atoms with Crippen molar-refractivity contribution < 1.29 is 29.6 Å². The first-order valence-electron chi connectivity index (χ1n) is 8.46. The molecule has 0 fully saturated rings. The molecule has 0 saturated heterocycles. The van der Waals surface area contributed by atoms with Gasteiger partial charge in [0.2, 0.25) is 0 Å². The Kier molecular flexibility index (Phi) is 7.58. The fourth-order valence-electron chi connectivity index (χ4n) is 2.53. The maximum absolute atomic E-state index is 13.3. The molecular weight excluding hydrogens is 351 g/mol. The smallest absolute Gasteiger partial charge is 0.165 e. The van der Waals surface area contributed by atoms with Gasteiger partial charge in [0.15, 0.2) is 11.6 Å². The summed E-state index contributed by atoms with van der Waals surface area (Å²) in [6.07, 6.45) is 0.0752. The van der Waals surface area contributed by atoms with Crippen molar-refractivity contribution in [1.82, 2.24) is 0 Å². The topological polar surface area (TPSA) is 90.2 Å². The Bertz CT molecular complexity index is 810. The number of phenolic OH excluding ortho intramolecular Hbond substituents is 1. The Morgan fingerprint density at radius 3 is 2.37 bits per heavy atom. The molecule has 0 bridgehead atoms. The van der Waals surface area contributed by atoms with Crippen molar-refractivity contribution in [1.29, 1.82) is 0 Å². The summed E-state index contributed by atoms with van der Waals surface area (Å²) in [5.74, 6) is -0.593. The molecule has 2 aromatic carbocycles. The predicted molar refractivity (Wildman–Crippen MR) is 98.9 cm³/mol. The number of hydrogen-bond donors (Lipinski definition) is 4. The summed E-state index contributed by atoms with van der Waals surface area (Å²) in [5, 5.41) is 39.0. The largest absolute Gasteiger partial charge is 0.505 e. The van der Waals surface area contributed by atoms with Crippen molar-refractivity contribution in [3.63, 3.8) is 0 Å². The highest BCUT2D eigenvalue weighted by atomic mass is 19.1. The number of halogens is 1. The molecule has 0 saturated carbocycles. The number of methoxy groups -OCH3 is 1. The van der Waals surface area contributed by atoms with Crippen LogP contribution in [-0.2, 0) is 0 Å². The van der Waals surface area contributed by atoms with E-state index in [0.29, 0.717) is 22.4 Å². The average Bonchev–Trinajstić information content (AvgIpc) is 2.69. The highest BCUT2D eigenvalue weighted by Crippen LogP contribution is 2.24. The second-order valence-electron chi connectivity index (χ2n) is 6.07. The molecule has 6 heteroatoms. The van der Waals surface area contributed by atoms with Gasteiger partial charge in [-0.1, -0.05) is 18.2 Å². The standard InChI is InChI=1S/C21H23FO5/c1-27-17-8-5-15(6-9-17)21(26)11-14(13-23)3-2-4-19(24)16-7-10-20(25)18(22)12-16/h2,5-10,12,19,21,23-26H,4,11,13H2,1H3/t3?,19-,21-/m1/s1. The van der Waals surface area contributed by atoms with Gasteiger partial charge in [0.1, 0.15) is 5.75 Å². The first kappa shape index (κ1) is 20.7. The van der Waals surface area contributed by atoms with E-state index in [1.165, 1.54) is 18.2 Å². The van der Waals surface area contributed by atoms with E-state index in [0.717, 1.165) is 6.07 Å². The monoisotopic (exact) mass is 374 g/mol. The zero-order valence-electron chi connectivity index (χ0n) is 15.0. The Morgan fingerprint density at radius 2 is 1.78 bits per heavy atom. The predicted octanol–water partition coefficient (Wildman–Crippen LogP) is 3.16. The molecule has 0 aromatic heterocycles. The first-order valence-corrected chi connectivity index (χ1v) is 8.46. The maximum Gasteiger partial charge on any atom is 0.165 e. The third-order valence-electron chi connectivity index (χ3n) is 4.13. The molecular formula is C21H23FO5. The number of hydrogen-bond acceptors (Lipinski definition) is 5. The highest BCUT2D eigenvalue weighted by molar-refractivity contribution is 5.30. The van der Waals surface area contributed by atoms with Crippen LogP contribution >= 0.6 is 0 Å². The number of ether oxygens (including phenoxy) is 1. The van der Waals surface area contributed by atoms with Crippen molar-refractivity contribution in [3.8, 4) is 11.5 Å². The lowest BCUT2D eigenvalue weighted by molar-refractivity contribution is 0.172. The van der Waals surface area contributed by atoms with E-state index in [9.17, 15) is 24.8 Å². The van der Waals surface area contributed by atoms with Crippen LogP contribution in [0.5, 0.6) is 11.5 Å². The van der Waals surface area contributed by atoms with Crippen molar-refractivity contribution in [2.75, 3.05) is 13.7 Å². The van der Waals surface area contributed by atoms with Crippen molar-refractivity contribution in [2.45, 2.75) is 25.0 Å². The second kappa shape index (κ2) is 9.90. The van der Waals surface area contributed by atoms with Gasteiger partial charge < -0.3 is 25.2 Å². The van der Waals surface area contributed by atoms with Crippen LogP contribution in [0.1, 0.15) is 36.2 Å². The van der Waals surface area contributed by atoms with Gasteiger partial charge in [-0.3, -0.25) is 0 Å². The molecule has 144 valence electrons. The molecule has 0 unspecified atom stereocenters. The van der Waals surface area contributed by atoms with Crippen molar-refractivity contribution in [3.05, 3.63) is 76.8 Å². The molecule has 27 heavy (non-hydrogen) atoms. The van der Waals surface area contributed by atoms with Crippen LogP contribution < -0.4 is 4.74 Å². The SMILES string of the molecule is COc1ccc([C@H](O)CC(=C=CC[C@@H](O)c2ccc(O)c(F)c2)CO)cc1. The lowest BCUT2D eigenvalue weighted by Crippen LogP contribution is -2.01.